The third-order valence-electron chi connectivity index (χ3n) is 0.900. The van der Waals surface area contributed by atoms with Gasteiger partial charge in [-0.05, 0) is 0 Å². The summed E-state index contributed by atoms with van der Waals surface area (Å²) in [6.45, 7) is -2.00. The van der Waals surface area contributed by atoms with Crippen LogP contribution in [0.25, 0.3) is 0 Å². The monoisotopic (exact) mass is 136 g/mol. The van der Waals surface area contributed by atoms with Crippen molar-refractivity contribution in [2.45, 2.75) is 0 Å². The molecule has 0 aromatic rings. The molecule has 0 saturated heterocycles. The molecule has 0 aliphatic carbocycles. The summed E-state index contributed by atoms with van der Waals surface area (Å²) in [4.78, 5) is 0. The average molecular weight is 136 g/mol. The zero-order valence-corrected chi connectivity index (χ0v) is 5.51. The number of hydrogen-bond donors (Lipinski definition) is 3. The summed E-state index contributed by atoms with van der Waals surface area (Å²) in [5.74, 6) is 0. The Labute approximate surface area is 49.3 Å². The molecule has 0 aromatic heterocycles. The van der Waals surface area contributed by atoms with Crippen LogP contribution >= 0.6 is 6.75 Å². The van der Waals surface area contributed by atoms with Crippen molar-refractivity contribution < 1.29 is 15.3 Å². The van der Waals surface area contributed by atoms with Crippen LogP contribution in [-0.4, -0.2) is 41.5 Å². The van der Waals surface area contributed by atoms with Crippen LogP contribution in [-0.2, 0) is 0 Å². The molecule has 0 amide bonds. The van der Waals surface area contributed by atoms with Gasteiger partial charge >= 0.3 is 48.3 Å². The Bertz CT molecular complexity index is 85.7. The van der Waals surface area contributed by atoms with E-state index in [0.29, 0.717) is 0 Å². The van der Waals surface area contributed by atoms with Crippen LogP contribution in [0, 0.1) is 0 Å². The van der Waals surface area contributed by atoms with Crippen molar-refractivity contribution in [3.8, 4) is 0 Å². The Kier molecular flexibility index (Phi) is 3.57. The molecule has 0 saturated carbocycles. The minimum absolute atomic E-state index is 0.181. The Morgan fingerprint density at radius 2 is 1.25 bits per heavy atom. The van der Waals surface area contributed by atoms with Gasteiger partial charge in [-0.25, -0.2) is 0 Å². The number of hydrogen-bond acceptors (Lipinski definition) is 3. The molecule has 0 rings (SSSR count). The number of rotatable bonds is 3. The second-order valence-electron chi connectivity index (χ2n) is 1.77. The summed E-state index contributed by atoms with van der Waals surface area (Å²) < 4.78 is 0. The fraction of sp³-hybridized carbons (Fsp3) is 1.00. The zero-order valence-electron chi connectivity index (χ0n) is 4.62. The van der Waals surface area contributed by atoms with Crippen LogP contribution in [0.5, 0.6) is 0 Å². The van der Waals surface area contributed by atoms with E-state index in [0.717, 1.165) is 0 Å². The molecule has 3 N–H and O–H groups in total. The second kappa shape index (κ2) is 3.41. The molecule has 8 heavy (non-hydrogen) atoms. The fourth-order valence-electron chi connectivity index (χ4n) is 0.134. The minimum atomic E-state index is -2.00. The summed E-state index contributed by atoms with van der Waals surface area (Å²) in [5.41, 5.74) is 0. The standard InChI is InChI=1S/C3H10BO3P/c4-8(1-5,2-6)3-7/h4-7H,1-3H2. The molecular formula is C3H10BO3P. The van der Waals surface area contributed by atoms with Gasteiger partial charge < -0.3 is 0 Å². The van der Waals surface area contributed by atoms with Crippen LogP contribution in [0.1, 0.15) is 0 Å². The first-order valence-electron chi connectivity index (χ1n) is 2.21. The van der Waals surface area contributed by atoms with E-state index in [2.05, 4.69) is 7.18 Å². The zero-order chi connectivity index (χ0) is 6.62. The predicted molar refractivity (Wildman–Crippen MR) is 35.3 cm³/mol. The van der Waals surface area contributed by atoms with Crippen LogP contribution in [0.3, 0.4) is 0 Å². The van der Waals surface area contributed by atoms with Crippen LogP contribution in [0.15, 0.2) is 0 Å². The molecule has 3 nitrogen and oxygen atoms in total. The van der Waals surface area contributed by atoms with E-state index in [1.54, 1.807) is 0 Å². The Morgan fingerprint density at radius 3 is 1.25 bits per heavy atom. The quantitative estimate of drug-likeness (QED) is 0.332. The molecule has 0 fully saturated rings. The molecule has 5 heteroatoms. The molecule has 0 aromatic carbocycles. The Balaban J connectivity index is 3.79. The van der Waals surface area contributed by atoms with Gasteiger partial charge in [0.25, 0.3) is 0 Å². The third kappa shape index (κ3) is 2.10. The van der Waals surface area contributed by atoms with Crippen molar-refractivity contribution in [3.05, 3.63) is 0 Å². The molecule has 0 radical (unpaired) electrons. The molecule has 0 unspecified atom stereocenters. The molecular weight excluding hydrogens is 126 g/mol. The maximum atomic E-state index is 8.45. The molecule has 0 atom stereocenters. The van der Waals surface area contributed by atoms with E-state index in [-0.39, 0.29) is 19.0 Å². The van der Waals surface area contributed by atoms with Crippen molar-refractivity contribution in [1.29, 1.82) is 0 Å². The van der Waals surface area contributed by atoms with E-state index < -0.39 is 6.75 Å². The molecule has 0 bridgehead atoms. The summed E-state index contributed by atoms with van der Waals surface area (Å²) in [6, 6.07) is 0. The van der Waals surface area contributed by atoms with Gasteiger partial charge in [-0.1, -0.05) is 0 Å². The predicted octanol–water partition coefficient (Wildman–Crippen LogP) is -1.33. The van der Waals surface area contributed by atoms with Crippen LogP contribution < -0.4 is 0 Å². The maximum absolute atomic E-state index is 8.45. The van der Waals surface area contributed by atoms with Gasteiger partial charge in [-0.2, -0.15) is 0 Å². The van der Waals surface area contributed by atoms with Crippen molar-refractivity contribution in [3.63, 3.8) is 0 Å². The summed E-state index contributed by atoms with van der Waals surface area (Å²) in [6.07, 6.45) is -0.542. The molecule has 48 valence electrons. The van der Waals surface area contributed by atoms with Gasteiger partial charge in [-0.15, -0.1) is 0 Å². The first-order valence-corrected chi connectivity index (χ1v) is 4.74. The van der Waals surface area contributed by atoms with E-state index >= 15 is 0 Å². The first-order chi connectivity index (χ1) is 3.68. The molecule has 0 spiro atoms. The number of aliphatic hydroxyl groups excluding tert-OH is 3. The van der Waals surface area contributed by atoms with Gasteiger partial charge in [0.05, 0.1) is 0 Å². The van der Waals surface area contributed by atoms with Gasteiger partial charge in [-0.3, -0.25) is 0 Å². The van der Waals surface area contributed by atoms with Gasteiger partial charge in [0.1, 0.15) is 0 Å². The SMILES string of the molecule is B=P(CO)(CO)CO. The van der Waals surface area contributed by atoms with E-state index in [4.69, 9.17) is 15.3 Å². The Hall–Kier alpha value is 0.375. The first kappa shape index (κ1) is 8.37. The number of aliphatic hydroxyl groups is 3. The fourth-order valence-corrected chi connectivity index (χ4v) is 0.402. The van der Waals surface area contributed by atoms with E-state index in [1.165, 1.54) is 0 Å². The topological polar surface area (TPSA) is 60.7 Å². The molecule has 0 aliphatic heterocycles. The molecule has 0 heterocycles. The van der Waals surface area contributed by atoms with Crippen LogP contribution in [0.2, 0.25) is 0 Å². The third-order valence-corrected chi connectivity index (χ3v) is 2.70. The van der Waals surface area contributed by atoms with Crippen LogP contribution in [0.4, 0.5) is 0 Å². The molecule has 0 aliphatic rings. The summed E-state index contributed by atoms with van der Waals surface area (Å²) in [7, 11) is 3.49. The van der Waals surface area contributed by atoms with Gasteiger partial charge in [0.15, 0.2) is 0 Å². The van der Waals surface area contributed by atoms with Crippen molar-refractivity contribution in [2.75, 3.05) is 19.0 Å². The summed E-state index contributed by atoms with van der Waals surface area (Å²) >= 11 is 0. The average Bonchev–Trinajstić information content (AvgIpc) is 1.87. The van der Waals surface area contributed by atoms with Crippen molar-refractivity contribution in [2.24, 2.45) is 0 Å². The van der Waals surface area contributed by atoms with Gasteiger partial charge in [0, 0.05) is 0 Å². The van der Waals surface area contributed by atoms with Crippen molar-refractivity contribution in [1.82, 2.24) is 0 Å². The van der Waals surface area contributed by atoms with Crippen molar-refractivity contribution >= 4 is 13.9 Å². The normalized spacial score (nSPS) is 11.8. The summed E-state index contributed by atoms with van der Waals surface area (Å²) in [5, 5.41) is 25.4. The Morgan fingerprint density at radius 1 is 1.00 bits per heavy atom. The second-order valence-corrected chi connectivity index (χ2v) is 5.30. The van der Waals surface area contributed by atoms with E-state index in [1.807, 2.05) is 0 Å². The van der Waals surface area contributed by atoms with E-state index in [9.17, 15) is 0 Å². The van der Waals surface area contributed by atoms with Gasteiger partial charge in [0.2, 0.25) is 0 Å².